The number of methoxy groups -OCH3 is 1. The third kappa shape index (κ3) is 3.71. The second-order valence-corrected chi connectivity index (χ2v) is 4.78. The van der Waals surface area contributed by atoms with E-state index in [1.54, 1.807) is 12.1 Å². The first kappa shape index (κ1) is 13.4. The molecule has 1 amide bonds. The van der Waals surface area contributed by atoms with Gasteiger partial charge in [-0.15, -0.1) is 0 Å². The van der Waals surface area contributed by atoms with E-state index in [1.165, 1.54) is 7.11 Å². The minimum atomic E-state index is -0.770. The maximum Gasteiger partial charge on any atom is 0.411 e. The molecule has 0 spiro atoms. The van der Waals surface area contributed by atoms with Gasteiger partial charge in [-0.2, -0.15) is 0 Å². The number of carboxylic acids is 1. The van der Waals surface area contributed by atoms with Crippen LogP contribution < -0.4 is 5.32 Å². The molecule has 2 rings (SSSR count). The van der Waals surface area contributed by atoms with Crippen molar-refractivity contribution in [2.75, 3.05) is 12.4 Å². The molecule has 0 aromatic heterocycles. The van der Waals surface area contributed by atoms with Crippen molar-refractivity contribution in [3.05, 3.63) is 29.8 Å². The minimum absolute atomic E-state index is 0.0738. The molecule has 1 unspecified atom stereocenters. The summed E-state index contributed by atoms with van der Waals surface area (Å²) in [6, 6.07) is 7.28. The molecule has 102 valence electrons. The molecule has 1 saturated carbocycles. The Bertz CT molecular complexity index is 465. The highest BCUT2D eigenvalue weighted by atomic mass is 16.5. The first-order chi connectivity index (χ1) is 9.10. The molecule has 19 heavy (non-hydrogen) atoms. The van der Waals surface area contributed by atoms with E-state index in [0.29, 0.717) is 11.6 Å². The standard InChI is InChI=1S/C14H17NO4/c1-19-14(18)15-11-6-4-10(5-7-11)12(8-13(16)17)9-2-3-9/h4-7,9,12H,2-3,8H2,1H3,(H,15,18)(H,16,17). The van der Waals surface area contributed by atoms with E-state index >= 15 is 0 Å². The number of amides is 1. The second kappa shape index (κ2) is 5.73. The number of hydrogen-bond acceptors (Lipinski definition) is 3. The monoisotopic (exact) mass is 263 g/mol. The van der Waals surface area contributed by atoms with E-state index in [1.807, 2.05) is 12.1 Å². The normalized spacial score (nSPS) is 15.6. The van der Waals surface area contributed by atoms with Crippen molar-refractivity contribution in [2.24, 2.45) is 5.92 Å². The molecular formula is C14H17NO4. The number of carbonyl (C=O) groups is 2. The summed E-state index contributed by atoms with van der Waals surface area (Å²) in [7, 11) is 1.31. The van der Waals surface area contributed by atoms with Gasteiger partial charge in [0.15, 0.2) is 0 Å². The van der Waals surface area contributed by atoms with Crippen LogP contribution in [0.3, 0.4) is 0 Å². The number of hydrogen-bond donors (Lipinski definition) is 2. The van der Waals surface area contributed by atoms with E-state index < -0.39 is 12.1 Å². The summed E-state index contributed by atoms with van der Waals surface area (Å²) in [5.74, 6) is -0.214. The molecule has 0 bridgehead atoms. The molecule has 1 aliphatic rings. The number of benzene rings is 1. The smallest absolute Gasteiger partial charge is 0.411 e. The maximum atomic E-state index is 11.1. The Hall–Kier alpha value is -2.04. The molecule has 1 aliphatic carbocycles. The van der Waals surface area contributed by atoms with Crippen LogP contribution in [0.1, 0.15) is 30.7 Å². The van der Waals surface area contributed by atoms with Crippen molar-refractivity contribution in [1.29, 1.82) is 0 Å². The molecule has 1 fully saturated rings. The van der Waals surface area contributed by atoms with Gasteiger partial charge in [-0.1, -0.05) is 12.1 Å². The number of anilines is 1. The second-order valence-electron chi connectivity index (χ2n) is 4.78. The average molecular weight is 263 g/mol. The zero-order valence-electron chi connectivity index (χ0n) is 10.8. The SMILES string of the molecule is COC(=O)Nc1ccc(C(CC(=O)O)C2CC2)cc1. The summed E-state index contributed by atoms with van der Waals surface area (Å²) >= 11 is 0. The minimum Gasteiger partial charge on any atom is -0.481 e. The zero-order valence-corrected chi connectivity index (χ0v) is 10.8. The molecule has 2 N–H and O–H groups in total. The topological polar surface area (TPSA) is 75.6 Å². The summed E-state index contributed by atoms with van der Waals surface area (Å²) in [6.07, 6.45) is 1.84. The Labute approximate surface area is 111 Å². The number of rotatable bonds is 5. The van der Waals surface area contributed by atoms with Crippen LogP contribution in [-0.4, -0.2) is 24.3 Å². The number of carboxylic acid groups (broad SMARTS) is 1. The fraction of sp³-hybridized carbons (Fsp3) is 0.429. The van der Waals surface area contributed by atoms with Crippen LogP contribution in [0.25, 0.3) is 0 Å². The van der Waals surface area contributed by atoms with Gasteiger partial charge in [-0.25, -0.2) is 4.79 Å². The molecule has 5 nitrogen and oxygen atoms in total. The average Bonchev–Trinajstić information content (AvgIpc) is 3.21. The van der Waals surface area contributed by atoms with Crippen molar-refractivity contribution in [1.82, 2.24) is 0 Å². The van der Waals surface area contributed by atoms with Gasteiger partial charge < -0.3 is 9.84 Å². The van der Waals surface area contributed by atoms with Crippen LogP contribution in [0, 0.1) is 5.92 Å². The van der Waals surface area contributed by atoms with Crippen molar-refractivity contribution < 1.29 is 19.4 Å². The summed E-state index contributed by atoms with van der Waals surface area (Å²) in [4.78, 5) is 21.9. The Morgan fingerprint density at radius 1 is 1.37 bits per heavy atom. The van der Waals surface area contributed by atoms with Gasteiger partial charge in [0.2, 0.25) is 0 Å². The molecule has 1 aromatic rings. The molecule has 0 radical (unpaired) electrons. The molecule has 5 heteroatoms. The Balaban J connectivity index is 2.07. The van der Waals surface area contributed by atoms with Gasteiger partial charge in [-0.3, -0.25) is 10.1 Å². The van der Waals surface area contributed by atoms with Gasteiger partial charge in [0.05, 0.1) is 13.5 Å². The van der Waals surface area contributed by atoms with Gasteiger partial charge in [-0.05, 0) is 42.4 Å². The highest BCUT2D eigenvalue weighted by molar-refractivity contribution is 5.84. The van der Waals surface area contributed by atoms with E-state index in [2.05, 4.69) is 10.1 Å². The predicted octanol–water partition coefficient (Wildman–Crippen LogP) is 2.83. The summed E-state index contributed by atoms with van der Waals surface area (Å²) in [5.41, 5.74) is 1.65. The lowest BCUT2D eigenvalue weighted by atomic mass is 9.91. The molecule has 1 aromatic carbocycles. The van der Waals surface area contributed by atoms with Crippen molar-refractivity contribution >= 4 is 17.7 Å². The first-order valence-electron chi connectivity index (χ1n) is 6.27. The Morgan fingerprint density at radius 3 is 2.47 bits per heavy atom. The van der Waals surface area contributed by atoms with Crippen molar-refractivity contribution in [3.63, 3.8) is 0 Å². The largest absolute Gasteiger partial charge is 0.481 e. The van der Waals surface area contributed by atoms with Crippen LogP contribution in [-0.2, 0) is 9.53 Å². The highest BCUT2D eigenvalue weighted by Gasteiger charge is 2.33. The Kier molecular flexibility index (Phi) is 4.04. The van der Waals surface area contributed by atoms with E-state index in [0.717, 1.165) is 18.4 Å². The summed E-state index contributed by atoms with van der Waals surface area (Å²) in [5, 5.41) is 11.5. The zero-order chi connectivity index (χ0) is 13.8. The third-order valence-electron chi connectivity index (χ3n) is 3.36. The van der Waals surface area contributed by atoms with Gasteiger partial charge in [0, 0.05) is 5.69 Å². The van der Waals surface area contributed by atoms with Crippen LogP contribution in [0.5, 0.6) is 0 Å². The van der Waals surface area contributed by atoms with Crippen LogP contribution in [0.15, 0.2) is 24.3 Å². The number of nitrogens with one attached hydrogen (secondary N) is 1. The lowest BCUT2D eigenvalue weighted by Gasteiger charge is -2.15. The van der Waals surface area contributed by atoms with Crippen molar-refractivity contribution in [2.45, 2.75) is 25.2 Å². The molecular weight excluding hydrogens is 246 g/mol. The quantitative estimate of drug-likeness (QED) is 0.856. The van der Waals surface area contributed by atoms with E-state index in [4.69, 9.17) is 5.11 Å². The lowest BCUT2D eigenvalue weighted by Crippen LogP contribution is -2.11. The van der Waals surface area contributed by atoms with Crippen LogP contribution >= 0.6 is 0 Å². The summed E-state index contributed by atoms with van der Waals surface area (Å²) < 4.78 is 4.50. The molecule has 0 heterocycles. The van der Waals surface area contributed by atoms with E-state index in [-0.39, 0.29) is 12.3 Å². The van der Waals surface area contributed by atoms with Gasteiger partial charge in [0.25, 0.3) is 0 Å². The predicted molar refractivity (Wildman–Crippen MR) is 70.2 cm³/mol. The fourth-order valence-electron chi connectivity index (χ4n) is 2.23. The highest BCUT2D eigenvalue weighted by Crippen LogP contribution is 2.44. The summed E-state index contributed by atoms with van der Waals surface area (Å²) in [6.45, 7) is 0. The van der Waals surface area contributed by atoms with Gasteiger partial charge in [0.1, 0.15) is 0 Å². The van der Waals surface area contributed by atoms with Crippen LogP contribution in [0.4, 0.5) is 10.5 Å². The third-order valence-corrected chi connectivity index (χ3v) is 3.36. The number of carbonyl (C=O) groups excluding carboxylic acids is 1. The van der Waals surface area contributed by atoms with Crippen LogP contribution in [0.2, 0.25) is 0 Å². The van der Waals surface area contributed by atoms with Crippen molar-refractivity contribution in [3.8, 4) is 0 Å². The molecule has 0 aliphatic heterocycles. The Morgan fingerprint density at radius 2 is 2.00 bits per heavy atom. The number of ether oxygens (including phenoxy) is 1. The molecule has 1 atom stereocenters. The maximum absolute atomic E-state index is 11.1. The van der Waals surface area contributed by atoms with Gasteiger partial charge >= 0.3 is 12.1 Å². The van der Waals surface area contributed by atoms with E-state index in [9.17, 15) is 9.59 Å². The molecule has 0 saturated heterocycles. The fourth-order valence-corrected chi connectivity index (χ4v) is 2.23. The first-order valence-corrected chi connectivity index (χ1v) is 6.27. The number of aliphatic carboxylic acids is 1. The lowest BCUT2D eigenvalue weighted by molar-refractivity contribution is -0.137.